The Labute approximate surface area is 164 Å². The summed E-state index contributed by atoms with van der Waals surface area (Å²) in [6.07, 6.45) is 1.80. The van der Waals surface area contributed by atoms with E-state index in [-0.39, 0.29) is 12.5 Å². The van der Waals surface area contributed by atoms with Crippen molar-refractivity contribution in [1.82, 2.24) is 0 Å². The zero-order chi connectivity index (χ0) is 19.8. The summed E-state index contributed by atoms with van der Waals surface area (Å²) in [5, 5.41) is 2.78. The molecule has 0 unspecified atom stereocenters. The number of methoxy groups -OCH3 is 1. The fourth-order valence-electron chi connectivity index (χ4n) is 2.45. The standard InChI is InChI=1S/C23H22N2O3/c1-17-3-7-19(8-4-17)24-15-18-5-11-22(12-6-18)28-16-23(26)25-20-9-13-21(27-2)14-10-20/h3-15H,16H2,1-2H3,(H,25,26). The lowest BCUT2D eigenvalue weighted by atomic mass is 10.2. The lowest BCUT2D eigenvalue weighted by Gasteiger charge is -2.08. The fourth-order valence-corrected chi connectivity index (χ4v) is 2.45. The Morgan fingerprint density at radius 3 is 2.21 bits per heavy atom. The quantitative estimate of drug-likeness (QED) is 0.606. The average molecular weight is 374 g/mol. The van der Waals surface area contributed by atoms with Gasteiger partial charge in [-0.1, -0.05) is 17.7 Å². The monoisotopic (exact) mass is 374 g/mol. The Bertz CT molecular complexity index is 931. The molecule has 0 radical (unpaired) electrons. The summed E-state index contributed by atoms with van der Waals surface area (Å²) in [7, 11) is 1.60. The average Bonchev–Trinajstić information content (AvgIpc) is 2.73. The summed E-state index contributed by atoms with van der Waals surface area (Å²) in [6.45, 7) is 1.98. The summed E-state index contributed by atoms with van der Waals surface area (Å²) in [5.74, 6) is 1.13. The number of ether oxygens (including phenoxy) is 2. The molecule has 3 aromatic rings. The number of carbonyl (C=O) groups excluding carboxylic acids is 1. The van der Waals surface area contributed by atoms with Crippen molar-refractivity contribution in [3.8, 4) is 11.5 Å². The van der Waals surface area contributed by atoms with E-state index in [4.69, 9.17) is 9.47 Å². The molecule has 0 aliphatic carbocycles. The SMILES string of the molecule is COc1ccc(NC(=O)COc2ccc(C=Nc3ccc(C)cc3)cc2)cc1. The third-order valence-electron chi connectivity index (χ3n) is 4.02. The minimum Gasteiger partial charge on any atom is -0.497 e. The van der Waals surface area contributed by atoms with Crippen LogP contribution in [0.1, 0.15) is 11.1 Å². The molecule has 1 N–H and O–H groups in total. The van der Waals surface area contributed by atoms with E-state index in [0.717, 1.165) is 17.0 Å². The van der Waals surface area contributed by atoms with Gasteiger partial charge in [-0.2, -0.15) is 0 Å². The number of anilines is 1. The van der Waals surface area contributed by atoms with Gasteiger partial charge in [0.2, 0.25) is 0 Å². The molecular weight excluding hydrogens is 352 g/mol. The number of carbonyl (C=O) groups is 1. The number of hydrogen-bond acceptors (Lipinski definition) is 4. The maximum Gasteiger partial charge on any atom is 0.262 e. The lowest BCUT2D eigenvalue weighted by molar-refractivity contribution is -0.118. The van der Waals surface area contributed by atoms with Crippen molar-refractivity contribution in [2.75, 3.05) is 19.0 Å². The summed E-state index contributed by atoms with van der Waals surface area (Å²) in [5.41, 5.74) is 3.75. The van der Waals surface area contributed by atoms with Crippen LogP contribution in [-0.2, 0) is 4.79 Å². The number of benzene rings is 3. The third-order valence-corrected chi connectivity index (χ3v) is 4.02. The van der Waals surface area contributed by atoms with E-state index < -0.39 is 0 Å². The Balaban J connectivity index is 1.49. The van der Waals surface area contributed by atoms with Crippen molar-refractivity contribution in [3.63, 3.8) is 0 Å². The molecule has 0 fully saturated rings. The third kappa shape index (κ3) is 5.71. The molecule has 0 aromatic heterocycles. The van der Waals surface area contributed by atoms with Crippen LogP contribution in [0.25, 0.3) is 0 Å². The zero-order valence-corrected chi connectivity index (χ0v) is 15.9. The van der Waals surface area contributed by atoms with Crippen LogP contribution in [0, 0.1) is 6.92 Å². The van der Waals surface area contributed by atoms with Crippen molar-refractivity contribution in [2.45, 2.75) is 6.92 Å². The number of nitrogens with zero attached hydrogens (tertiary/aromatic N) is 1. The van der Waals surface area contributed by atoms with Crippen molar-refractivity contribution in [1.29, 1.82) is 0 Å². The molecule has 5 heteroatoms. The molecule has 5 nitrogen and oxygen atoms in total. The smallest absolute Gasteiger partial charge is 0.262 e. The van der Waals surface area contributed by atoms with E-state index in [1.165, 1.54) is 5.56 Å². The Kier molecular flexibility index (Phi) is 6.41. The first kappa shape index (κ1) is 19.2. The van der Waals surface area contributed by atoms with Crippen LogP contribution in [0.5, 0.6) is 11.5 Å². The fraction of sp³-hybridized carbons (Fsp3) is 0.130. The highest BCUT2D eigenvalue weighted by Crippen LogP contribution is 2.16. The molecule has 0 atom stereocenters. The highest BCUT2D eigenvalue weighted by Gasteiger charge is 2.04. The topological polar surface area (TPSA) is 59.9 Å². The Morgan fingerprint density at radius 2 is 1.57 bits per heavy atom. The van der Waals surface area contributed by atoms with Crippen LogP contribution >= 0.6 is 0 Å². The van der Waals surface area contributed by atoms with Crippen LogP contribution in [0.2, 0.25) is 0 Å². The molecule has 0 aliphatic rings. The second-order valence-electron chi connectivity index (χ2n) is 6.23. The van der Waals surface area contributed by atoms with Crippen LogP contribution < -0.4 is 14.8 Å². The number of amides is 1. The largest absolute Gasteiger partial charge is 0.497 e. The van der Waals surface area contributed by atoms with E-state index >= 15 is 0 Å². The molecule has 28 heavy (non-hydrogen) atoms. The number of rotatable bonds is 7. The minimum absolute atomic E-state index is 0.0666. The summed E-state index contributed by atoms with van der Waals surface area (Å²) >= 11 is 0. The van der Waals surface area contributed by atoms with Gasteiger partial charge in [-0.05, 0) is 73.2 Å². The second kappa shape index (κ2) is 9.37. The molecule has 0 saturated heterocycles. The molecule has 142 valence electrons. The molecule has 3 aromatic carbocycles. The van der Waals surface area contributed by atoms with Gasteiger partial charge in [0.25, 0.3) is 5.91 Å². The van der Waals surface area contributed by atoms with Crippen LogP contribution in [0.3, 0.4) is 0 Å². The van der Waals surface area contributed by atoms with Gasteiger partial charge in [-0.15, -0.1) is 0 Å². The van der Waals surface area contributed by atoms with Crippen LogP contribution in [0.15, 0.2) is 77.8 Å². The predicted molar refractivity (Wildman–Crippen MR) is 112 cm³/mol. The summed E-state index contributed by atoms with van der Waals surface area (Å²) < 4.78 is 10.6. The number of aliphatic imine (C=N–C) groups is 1. The predicted octanol–water partition coefficient (Wildman–Crippen LogP) is 4.77. The summed E-state index contributed by atoms with van der Waals surface area (Å²) in [4.78, 5) is 16.4. The first-order valence-electron chi connectivity index (χ1n) is 8.90. The first-order chi connectivity index (χ1) is 13.6. The number of hydrogen-bond donors (Lipinski definition) is 1. The van der Waals surface area contributed by atoms with Gasteiger partial charge in [-0.25, -0.2) is 0 Å². The van der Waals surface area contributed by atoms with Gasteiger partial charge in [-0.3, -0.25) is 9.79 Å². The van der Waals surface area contributed by atoms with E-state index in [9.17, 15) is 4.79 Å². The lowest BCUT2D eigenvalue weighted by Crippen LogP contribution is -2.20. The highest BCUT2D eigenvalue weighted by atomic mass is 16.5. The van der Waals surface area contributed by atoms with Crippen LogP contribution in [0.4, 0.5) is 11.4 Å². The molecule has 0 aliphatic heterocycles. The number of nitrogens with one attached hydrogen (secondary N) is 1. The molecule has 0 heterocycles. The zero-order valence-electron chi connectivity index (χ0n) is 15.9. The van der Waals surface area contributed by atoms with E-state index in [2.05, 4.69) is 10.3 Å². The summed E-state index contributed by atoms with van der Waals surface area (Å²) in [6, 6.07) is 22.6. The van der Waals surface area contributed by atoms with Crippen molar-refractivity contribution in [3.05, 3.63) is 83.9 Å². The second-order valence-corrected chi connectivity index (χ2v) is 6.23. The highest BCUT2D eigenvalue weighted by molar-refractivity contribution is 5.92. The van der Waals surface area contributed by atoms with E-state index in [1.807, 2.05) is 55.5 Å². The minimum atomic E-state index is -0.227. The van der Waals surface area contributed by atoms with Gasteiger partial charge in [0, 0.05) is 11.9 Å². The maximum atomic E-state index is 12.0. The van der Waals surface area contributed by atoms with E-state index in [1.54, 1.807) is 37.6 Å². The van der Waals surface area contributed by atoms with Gasteiger partial charge in [0.05, 0.1) is 12.8 Å². The molecule has 3 rings (SSSR count). The number of aryl methyl sites for hydroxylation is 1. The van der Waals surface area contributed by atoms with Gasteiger partial charge >= 0.3 is 0 Å². The molecule has 1 amide bonds. The van der Waals surface area contributed by atoms with Gasteiger partial charge < -0.3 is 14.8 Å². The molecule has 0 saturated carbocycles. The first-order valence-corrected chi connectivity index (χ1v) is 8.90. The Hall–Kier alpha value is -3.60. The Morgan fingerprint density at radius 1 is 0.929 bits per heavy atom. The van der Waals surface area contributed by atoms with Crippen LogP contribution in [-0.4, -0.2) is 25.8 Å². The van der Waals surface area contributed by atoms with Gasteiger partial charge in [0.1, 0.15) is 11.5 Å². The normalized spacial score (nSPS) is 10.6. The van der Waals surface area contributed by atoms with Gasteiger partial charge in [0.15, 0.2) is 6.61 Å². The van der Waals surface area contributed by atoms with Crippen molar-refractivity contribution >= 4 is 23.5 Å². The van der Waals surface area contributed by atoms with E-state index in [0.29, 0.717) is 11.4 Å². The molecular formula is C23H22N2O3. The molecule has 0 spiro atoms. The maximum absolute atomic E-state index is 12.0. The molecule has 0 bridgehead atoms. The van der Waals surface area contributed by atoms with Crippen molar-refractivity contribution < 1.29 is 14.3 Å². The van der Waals surface area contributed by atoms with Crippen molar-refractivity contribution in [2.24, 2.45) is 4.99 Å².